The minimum atomic E-state index is -1.24. The molecule has 2 rings (SSSR count). The largest absolute Gasteiger partial charge is 0.480 e. The van der Waals surface area contributed by atoms with Crippen molar-refractivity contribution in [2.75, 3.05) is 0 Å². The molecule has 0 atom stereocenters. The van der Waals surface area contributed by atoms with Crippen LogP contribution in [0.4, 0.5) is 0 Å². The van der Waals surface area contributed by atoms with Crippen molar-refractivity contribution in [3.63, 3.8) is 0 Å². The van der Waals surface area contributed by atoms with E-state index in [0.717, 1.165) is 25.5 Å². The Hall–Kier alpha value is -2.18. The number of carboxylic acid groups (broad SMARTS) is 1. The molecule has 1 aliphatic rings. The molecule has 0 spiro atoms. The van der Waals surface area contributed by atoms with Gasteiger partial charge in [-0.15, -0.1) is 0 Å². The third kappa shape index (κ3) is 3.29. The maximum Gasteiger partial charge on any atom is 0.329 e. The molecule has 21 heavy (non-hydrogen) atoms. The van der Waals surface area contributed by atoms with Gasteiger partial charge in [-0.25, -0.2) is 9.78 Å². The van der Waals surface area contributed by atoms with Gasteiger partial charge in [-0.05, 0) is 31.6 Å². The molecule has 1 fully saturated rings. The molecule has 3 N–H and O–H groups in total. The number of nitrogens with one attached hydrogen (secondary N) is 2. The lowest BCUT2D eigenvalue weighted by molar-refractivity contribution is -0.146. The number of hydrogen-bond acceptors (Lipinski definition) is 4. The quantitative estimate of drug-likeness (QED) is 0.764. The van der Waals surface area contributed by atoms with E-state index in [0.29, 0.717) is 18.8 Å². The number of hydrogen-bond donors (Lipinski definition) is 3. The summed E-state index contributed by atoms with van der Waals surface area (Å²) in [7, 11) is 0. The standard InChI is InChI=1S/C14H19N3O4/c1-2-9-3-5-14(6-4-9,13(20)21)17-12(19)10-7-16-11(18)8-15-10/h7-9H,2-6H2,1H3,(H,16,18)(H,17,19)(H,20,21). The Morgan fingerprint density at radius 3 is 2.62 bits per heavy atom. The molecular formula is C14H19N3O4. The van der Waals surface area contributed by atoms with Gasteiger partial charge in [0, 0.05) is 6.20 Å². The monoisotopic (exact) mass is 293 g/mol. The maximum atomic E-state index is 12.1. The van der Waals surface area contributed by atoms with Gasteiger partial charge in [-0.3, -0.25) is 9.59 Å². The van der Waals surface area contributed by atoms with Gasteiger partial charge in [0.25, 0.3) is 11.5 Å². The van der Waals surface area contributed by atoms with Crippen LogP contribution in [0.3, 0.4) is 0 Å². The Morgan fingerprint density at radius 1 is 1.48 bits per heavy atom. The Morgan fingerprint density at radius 2 is 2.14 bits per heavy atom. The highest BCUT2D eigenvalue weighted by Crippen LogP contribution is 2.34. The Labute approximate surface area is 121 Å². The van der Waals surface area contributed by atoms with E-state index in [1.165, 1.54) is 6.20 Å². The van der Waals surface area contributed by atoms with E-state index in [9.17, 15) is 19.5 Å². The molecule has 0 aromatic carbocycles. The second kappa shape index (κ2) is 6.07. The summed E-state index contributed by atoms with van der Waals surface area (Å²) in [6.45, 7) is 2.08. The SMILES string of the molecule is CCC1CCC(NC(=O)c2c[nH]c(=O)cn2)(C(=O)O)CC1. The smallest absolute Gasteiger partial charge is 0.329 e. The molecule has 0 aliphatic heterocycles. The van der Waals surface area contributed by atoms with Crippen LogP contribution in [0.5, 0.6) is 0 Å². The molecule has 0 unspecified atom stereocenters. The number of aromatic nitrogens is 2. The zero-order chi connectivity index (χ0) is 15.5. The molecule has 0 radical (unpaired) electrons. The molecule has 1 aromatic rings. The molecule has 1 aromatic heterocycles. The van der Waals surface area contributed by atoms with Gasteiger partial charge >= 0.3 is 5.97 Å². The molecule has 0 saturated heterocycles. The van der Waals surface area contributed by atoms with Gasteiger partial charge in [-0.2, -0.15) is 0 Å². The van der Waals surface area contributed by atoms with Crippen LogP contribution in [-0.2, 0) is 4.79 Å². The zero-order valence-corrected chi connectivity index (χ0v) is 11.9. The minimum absolute atomic E-state index is 0.00726. The van der Waals surface area contributed by atoms with Crippen molar-refractivity contribution < 1.29 is 14.7 Å². The van der Waals surface area contributed by atoms with E-state index in [-0.39, 0.29) is 5.69 Å². The van der Waals surface area contributed by atoms with Crippen LogP contribution in [0.1, 0.15) is 49.5 Å². The van der Waals surface area contributed by atoms with Crippen LogP contribution >= 0.6 is 0 Å². The number of aromatic amines is 1. The number of carboxylic acids is 1. The molecule has 7 nitrogen and oxygen atoms in total. The van der Waals surface area contributed by atoms with Crippen molar-refractivity contribution in [1.29, 1.82) is 0 Å². The first-order chi connectivity index (χ1) is 9.97. The van der Waals surface area contributed by atoms with Gasteiger partial charge in [0.2, 0.25) is 0 Å². The van der Waals surface area contributed by atoms with Crippen LogP contribution in [0.15, 0.2) is 17.2 Å². The first-order valence-electron chi connectivity index (χ1n) is 7.07. The summed E-state index contributed by atoms with van der Waals surface area (Å²) in [4.78, 5) is 40.7. The van der Waals surface area contributed by atoms with Crippen molar-refractivity contribution in [2.24, 2.45) is 5.92 Å². The molecule has 0 bridgehead atoms. The lowest BCUT2D eigenvalue weighted by Crippen LogP contribution is -2.56. The Balaban J connectivity index is 2.13. The molecule has 114 valence electrons. The first-order valence-corrected chi connectivity index (χ1v) is 7.07. The van der Waals surface area contributed by atoms with E-state index >= 15 is 0 Å². The second-order valence-corrected chi connectivity index (χ2v) is 5.49. The number of amides is 1. The summed E-state index contributed by atoms with van der Waals surface area (Å²) in [5, 5.41) is 12.1. The van der Waals surface area contributed by atoms with Crippen LogP contribution in [-0.4, -0.2) is 32.5 Å². The van der Waals surface area contributed by atoms with E-state index in [1.54, 1.807) is 0 Å². The Kier molecular flexibility index (Phi) is 4.40. The molecule has 1 saturated carbocycles. The highest BCUT2D eigenvalue weighted by Gasteiger charge is 2.43. The summed E-state index contributed by atoms with van der Waals surface area (Å²) in [5.41, 5.74) is -1.64. The van der Waals surface area contributed by atoms with Crippen LogP contribution in [0, 0.1) is 5.92 Å². The first kappa shape index (κ1) is 15.2. The van der Waals surface area contributed by atoms with Crippen LogP contribution in [0.2, 0.25) is 0 Å². The Bertz CT molecular complexity index is 568. The topological polar surface area (TPSA) is 112 Å². The minimum Gasteiger partial charge on any atom is -0.480 e. The molecule has 1 heterocycles. The highest BCUT2D eigenvalue weighted by molar-refractivity contribution is 5.96. The summed E-state index contributed by atoms with van der Waals surface area (Å²) < 4.78 is 0. The summed E-state index contributed by atoms with van der Waals surface area (Å²) in [5.74, 6) is -1.08. The second-order valence-electron chi connectivity index (χ2n) is 5.49. The summed E-state index contributed by atoms with van der Waals surface area (Å²) in [6, 6.07) is 0. The van der Waals surface area contributed by atoms with Crippen LogP contribution in [0.25, 0.3) is 0 Å². The fraction of sp³-hybridized carbons (Fsp3) is 0.571. The number of carbonyl (C=O) groups is 2. The predicted octanol–water partition coefficient (Wildman–Crippen LogP) is 0.923. The third-order valence-electron chi connectivity index (χ3n) is 4.20. The fourth-order valence-corrected chi connectivity index (χ4v) is 2.72. The van der Waals surface area contributed by atoms with Crippen molar-refractivity contribution >= 4 is 11.9 Å². The van der Waals surface area contributed by atoms with Crippen molar-refractivity contribution in [3.05, 3.63) is 28.4 Å². The van der Waals surface area contributed by atoms with Gasteiger partial charge in [0.15, 0.2) is 0 Å². The lowest BCUT2D eigenvalue weighted by Gasteiger charge is -2.37. The predicted molar refractivity (Wildman–Crippen MR) is 74.9 cm³/mol. The van der Waals surface area contributed by atoms with Gasteiger partial charge in [0.05, 0.1) is 6.20 Å². The summed E-state index contributed by atoms with van der Waals surface area (Å²) in [6.07, 6.45) is 5.59. The molecule has 7 heteroatoms. The number of H-pyrrole nitrogens is 1. The number of aliphatic carboxylic acids is 1. The molecule has 1 aliphatic carbocycles. The fourth-order valence-electron chi connectivity index (χ4n) is 2.72. The van der Waals surface area contributed by atoms with Crippen molar-refractivity contribution in [3.8, 4) is 0 Å². The van der Waals surface area contributed by atoms with E-state index < -0.39 is 23.0 Å². The van der Waals surface area contributed by atoms with Gasteiger partial charge in [0.1, 0.15) is 11.2 Å². The summed E-state index contributed by atoms with van der Waals surface area (Å²) >= 11 is 0. The van der Waals surface area contributed by atoms with Crippen LogP contribution < -0.4 is 10.9 Å². The van der Waals surface area contributed by atoms with Gasteiger partial charge < -0.3 is 15.4 Å². The normalized spacial score (nSPS) is 25.3. The van der Waals surface area contributed by atoms with Crippen molar-refractivity contribution in [2.45, 2.75) is 44.6 Å². The number of nitrogens with zero attached hydrogens (tertiary/aromatic N) is 1. The maximum absolute atomic E-state index is 12.1. The van der Waals surface area contributed by atoms with Gasteiger partial charge in [-0.1, -0.05) is 13.3 Å². The lowest BCUT2D eigenvalue weighted by atomic mass is 9.75. The van der Waals surface area contributed by atoms with E-state index in [4.69, 9.17) is 0 Å². The zero-order valence-electron chi connectivity index (χ0n) is 11.9. The van der Waals surface area contributed by atoms with E-state index in [2.05, 4.69) is 22.2 Å². The average Bonchev–Trinajstić information content (AvgIpc) is 2.48. The highest BCUT2D eigenvalue weighted by atomic mass is 16.4. The third-order valence-corrected chi connectivity index (χ3v) is 4.20. The molecule has 1 amide bonds. The average molecular weight is 293 g/mol. The number of carbonyl (C=O) groups excluding carboxylic acids is 1. The number of rotatable bonds is 4. The molecular weight excluding hydrogens is 274 g/mol. The van der Waals surface area contributed by atoms with Crippen molar-refractivity contribution in [1.82, 2.24) is 15.3 Å². The van der Waals surface area contributed by atoms with E-state index in [1.807, 2.05) is 0 Å².